The second-order valence-corrected chi connectivity index (χ2v) is 11.2. The molecule has 3 aliphatic heterocycles. The highest BCUT2D eigenvalue weighted by atomic mass is 32.2. The van der Waals surface area contributed by atoms with Crippen molar-refractivity contribution in [2.24, 2.45) is 0 Å². The van der Waals surface area contributed by atoms with Crippen molar-refractivity contribution in [3.63, 3.8) is 0 Å². The number of hydrogen-bond donors (Lipinski definition) is 2. The van der Waals surface area contributed by atoms with Gasteiger partial charge in [0.1, 0.15) is 23.4 Å². The highest BCUT2D eigenvalue weighted by Gasteiger charge is 2.28. The number of likely N-dealkylation sites (N-methyl/N-ethyl adjacent to an activating group) is 1. The zero-order valence-corrected chi connectivity index (χ0v) is 23.2. The number of fused-ring (bicyclic) bond motifs is 1. The van der Waals surface area contributed by atoms with Crippen LogP contribution in [0.4, 0.5) is 22.1 Å². The maximum absolute atomic E-state index is 13.4. The molecule has 5 heterocycles. The van der Waals surface area contributed by atoms with E-state index in [4.69, 9.17) is 4.74 Å². The fourth-order valence-electron chi connectivity index (χ4n) is 5.00. The van der Waals surface area contributed by atoms with Gasteiger partial charge < -0.3 is 15.0 Å². The Bertz CT molecular complexity index is 1330. The second-order valence-electron chi connectivity index (χ2n) is 10.0. The summed E-state index contributed by atoms with van der Waals surface area (Å²) in [6.45, 7) is 3.67. The average molecular weight is 565 g/mol. The number of aromatic nitrogens is 2. The number of pyridine rings is 2. The van der Waals surface area contributed by atoms with E-state index in [-0.39, 0.29) is 17.7 Å². The Morgan fingerprint density at radius 3 is 2.95 bits per heavy atom. The molecule has 5 rings (SSSR count). The Kier molecular flexibility index (Phi) is 8.78. The van der Waals surface area contributed by atoms with Gasteiger partial charge in [-0.2, -0.15) is 17.0 Å². The topological polar surface area (TPSA) is 144 Å². The Morgan fingerprint density at radius 1 is 1.32 bits per heavy atom. The lowest BCUT2D eigenvalue weighted by atomic mass is 10.0. The summed E-state index contributed by atoms with van der Waals surface area (Å²) in [6.07, 6.45) is 3.57. The third-order valence-electron chi connectivity index (χ3n) is 7.17. The van der Waals surface area contributed by atoms with Crippen molar-refractivity contribution in [1.29, 1.82) is 5.26 Å². The lowest BCUT2D eigenvalue weighted by Crippen LogP contribution is -2.48. The van der Waals surface area contributed by atoms with Crippen LogP contribution in [0.25, 0.3) is 0 Å². The molecule has 2 saturated heterocycles. The molecule has 1 unspecified atom stereocenters. The third-order valence-corrected chi connectivity index (χ3v) is 8.23. The van der Waals surface area contributed by atoms with Gasteiger partial charge in [-0.05, 0) is 31.5 Å². The van der Waals surface area contributed by atoms with Gasteiger partial charge in [-0.1, -0.05) is 0 Å². The van der Waals surface area contributed by atoms with Gasteiger partial charge in [-0.3, -0.25) is 24.7 Å². The number of nitrogens with one attached hydrogen (secondary N) is 2. The standard InChI is InChI=1S/C27H32N8O4S/c1-33-5-6-34(25(37)15-33)14-19-9-18-3-2-4-35(26(18)31-23(19)16-36)27(38)32-24-10-22(20(11-28)12-30-24)29-13-21-17-40-8-7-39-21/h9-10,12,16,21H,2-8,13-15,17H2,1H3,(H2,29,30,32,38). The number of ether oxygens (including phenoxy) is 1. The summed E-state index contributed by atoms with van der Waals surface area (Å²) in [5.41, 5.74) is 2.68. The minimum atomic E-state index is -0.428. The number of urea groups is 1. The molecule has 2 N–H and O–H groups in total. The Balaban J connectivity index is 1.31. The van der Waals surface area contributed by atoms with Crippen molar-refractivity contribution in [2.75, 3.05) is 73.4 Å². The maximum atomic E-state index is 13.4. The minimum Gasteiger partial charge on any atom is -0.381 e. The molecule has 1 atom stereocenters. The Labute approximate surface area is 237 Å². The van der Waals surface area contributed by atoms with Crippen molar-refractivity contribution in [2.45, 2.75) is 25.5 Å². The predicted molar refractivity (Wildman–Crippen MR) is 152 cm³/mol. The summed E-state index contributed by atoms with van der Waals surface area (Å²) >= 11 is 1.83. The van der Waals surface area contributed by atoms with Crippen molar-refractivity contribution >= 4 is 47.3 Å². The fourth-order valence-corrected chi connectivity index (χ4v) is 5.86. The molecule has 0 spiro atoms. The van der Waals surface area contributed by atoms with Crippen LogP contribution in [0.1, 0.15) is 33.6 Å². The van der Waals surface area contributed by atoms with Gasteiger partial charge >= 0.3 is 6.03 Å². The van der Waals surface area contributed by atoms with Gasteiger partial charge in [0.25, 0.3) is 0 Å². The Hall–Kier alpha value is -3.73. The number of aryl methyl sites for hydroxylation is 1. The molecule has 3 amide bonds. The smallest absolute Gasteiger partial charge is 0.328 e. The lowest BCUT2D eigenvalue weighted by Gasteiger charge is -2.33. The van der Waals surface area contributed by atoms with Crippen molar-refractivity contribution < 1.29 is 19.1 Å². The first kappa shape index (κ1) is 27.8. The number of amides is 3. The van der Waals surface area contributed by atoms with Crippen LogP contribution in [0.15, 0.2) is 18.3 Å². The largest absolute Gasteiger partial charge is 0.381 e. The number of aldehydes is 1. The van der Waals surface area contributed by atoms with Crippen LogP contribution >= 0.6 is 11.8 Å². The number of nitrogens with zero attached hydrogens (tertiary/aromatic N) is 6. The quantitative estimate of drug-likeness (QED) is 0.479. The SMILES string of the molecule is CN1CCN(Cc2cc3c(nc2C=O)N(C(=O)Nc2cc(NCC4CSCCO4)c(C#N)cn2)CCC3)C(=O)C1. The van der Waals surface area contributed by atoms with E-state index in [9.17, 15) is 19.6 Å². The number of carbonyl (C=O) groups excluding carboxylic acids is 3. The summed E-state index contributed by atoms with van der Waals surface area (Å²) in [6, 6.07) is 5.23. The summed E-state index contributed by atoms with van der Waals surface area (Å²) in [5, 5.41) is 15.6. The normalized spacial score (nSPS) is 19.5. The van der Waals surface area contributed by atoms with Gasteiger partial charge in [0.15, 0.2) is 6.29 Å². The fraction of sp³-hybridized carbons (Fsp3) is 0.481. The summed E-state index contributed by atoms with van der Waals surface area (Å²) < 4.78 is 5.75. The second kappa shape index (κ2) is 12.6. The van der Waals surface area contributed by atoms with E-state index in [2.05, 4.69) is 26.7 Å². The number of hydrogen-bond acceptors (Lipinski definition) is 10. The van der Waals surface area contributed by atoms with Crippen LogP contribution in [-0.2, 0) is 22.5 Å². The molecule has 210 valence electrons. The zero-order valence-electron chi connectivity index (χ0n) is 22.4. The highest BCUT2D eigenvalue weighted by Crippen LogP contribution is 2.29. The first-order valence-electron chi connectivity index (χ1n) is 13.3. The van der Waals surface area contributed by atoms with E-state index in [1.807, 2.05) is 29.8 Å². The number of anilines is 3. The van der Waals surface area contributed by atoms with E-state index in [1.165, 1.54) is 11.1 Å². The summed E-state index contributed by atoms with van der Waals surface area (Å²) in [4.78, 5) is 51.8. The molecule has 0 bridgehead atoms. The van der Waals surface area contributed by atoms with Gasteiger partial charge in [0.2, 0.25) is 5.91 Å². The van der Waals surface area contributed by atoms with Crippen LogP contribution in [0.5, 0.6) is 0 Å². The number of nitriles is 1. The van der Waals surface area contributed by atoms with Crippen LogP contribution in [0.3, 0.4) is 0 Å². The third kappa shape index (κ3) is 6.35. The summed E-state index contributed by atoms with van der Waals surface area (Å²) in [7, 11) is 1.91. The molecule has 2 aromatic heterocycles. The monoisotopic (exact) mass is 564 g/mol. The molecular weight excluding hydrogens is 532 g/mol. The number of rotatable bonds is 7. The number of thioether (sulfide) groups is 1. The zero-order chi connectivity index (χ0) is 28.1. The molecule has 0 aromatic carbocycles. The first-order valence-corrected chi connectivity index (χ1v) is 14.5. The van der Waals surface area contributed by atoms with Crippen LogP contribution < -0.4 is 15.5 Å². The number of piperazine rings is 1. The lowest BCUT2D eigenvalue weighted by molar-refractivity contribution is -0.136. The van der Waals surface area contributed by atoms with Gasteiger partial charge in [0, 0.05) is 62.1 Å². The maximum Gasteiger partial charge on any atom is 0.328 e. The molecule has 2 aromatic rings. The van der Waals surface area contributed by atoms with E-state index < -0.39 is 6.03 Å². The van der Waals surface area contributed by atoms with E-state index >= 15 is 0 Å². The molecule has 0 aliphatic carbocycles. The molecule has 40 heavy (non-hydrogen) atoms. The molecule has 2 fully saturated rings. The molecule has 0 saturated carbocycles. The highest BCUT2D eigenvalue weighted by molar-refractivity contribution is 7.99. The predicted octanol–water partition coefficient (Wildman–Crippen LogP) is 1.96. The molecule has 13 heteroatoms. The molecule has 3 aliphatic rings. The van der Waals surface area contributed by atoms with Crippen LogP contribution in [0, 0.1) is 11.3 Å². The summed E-state index contributed by atoms with van der Waals surface area (Å²) in [5.74, 6) is 2.59. The number of carbonyl (C=O) groups is 3. The minimum absolute atomic E-state index is 0.0123. The van der Waals surface area contributed by atoms with Gasteiger partial charge in [-0.15, -0.1) is 0 Å². The van der Waals surface area contributed by atoms with E-state index in [1.54, 1.807) is 11.0 Å². The van der Waals surface area contributed by atoms with Crippen molar-refractivity contribution in [1.82, 2.24) is 19.8 Å². The molecule has 0 radical (unpaired) electrons. The van der Waals surface area contributed by atoms with E-state index in [0.29, 0.717) is 80.5 Å². The van der Waals surface area contributed by atoms with Gasteiger partial charge in [-0.25, -0.2) is 14.8 Å². The van der Waals surface area contributed by atoms with Crippen molar-refractivity contribution in [3.05, 3.63) is 40.7 Å². The average Bonchev–Trinajstić information content (AvgIpc) is 2.97. The van der Waals surface area contributed by atoms with Crippen molar-refractivity contribution in [3.8, 4) is 6.07 Å². The van der Waals surface area contributed by atoms with Crippen LogP contribution in [0.2, 0.25) is 0 Å². The first-order chi connectivity index (χ1) is 19.4. The van der Waals surface area contributed by atoms with Gasteiger partial charge in [0.05, 0.1) is 30.5 Å². The Morgan fingerprint density at radius 2 is 2.20 bits per heavy atom. The molecule has 12 nitrogen and oxygen atoms in total. The van der Waals surface area contributed by atoms with E-state index in [0.717, 1.165) is 30.0 Å². The molecular formula is C27H32N8O4S. The van der Waals surface area contributed by atoms with Crippen LogP contribution in [-0.4, -0.2) is 102 Å².